The summed E-state index contributed by atoms with van der Waals surface area (Å²) in [5.74, 6) is 2.00. The van der Waals surface area contributed by atoms with E-state index in [4.69, 9.17) is 14.2 Å². The molecule has 1 atom stereocenters. The Hall–Kier alpha value is -2.69. The highest BCUT2D eigenvalue weighted by molar-refractivity contribution is 5.80. The number of hydrogen-bond donors (Lipinski definition) is 1. The second kappa shape index (κ2) is 8.97. The number of aryl methyl sites for hydroxylation is 2. The first-order chi connectivity index (χ1) is 12.0. The lowest BCUT2D eigenvalue weighted by atomic mass is 10.1. The van der Waals surface area contributed by atoms with Gasteiger partial charge in [-0.1, -0.05) is 18.2 Å². The van der Waals surface area contributed by atoms with Gasteiger partial charge in [0, 0.05) is 6.07 Å². The van der Waals surface area contributed by atoms with Crippen molar-refractivity contribution in [3.8, 4) is 17.2 Å². The Morgan fingerprint density at radius 2 is 1.88 bits per heavy atom. The first-order valence-corrected chi connectivity index (χ1v) is 8.28. The zero-order valence-electron chi connectivity index (χ0n) is 15.2. The molecule has 1 N–H and O–H groups in total. The van der Waals surface area contributed by atoms with E-state index in [1.807, 2.05) is 50.2 Å². The Morgan fingerprint density at radius 1 is 1.12 bits per heavy atom. The van der Waals surface area contributed by atoms with Gasteiger partial charge in [0.15, 0.2) is 6.10 Å². The summed E-state index contributed by atoms with van der Waals surface area (Å²) >= 11 is 0. The molecule has 25 heavy (non-hydrogen) atoms. The molecule has 1 amide bonds. The molecule has 0 aliphatic rings. The minimum absolute atomic E-state index is 0.171. The van der Waals surface area contributed by atoms with Crippen molar-refractivity contribution in [2.24, 2.45) is 0 Å². The van der Waals surface area contributed by atoms with E-state index in [-0.39, 0.29) is 5.91 Å². The van der Waals surface area contributed by atoms with Crippen molar-refractivity contribution in [1.82, 2.24) is 5.32 Å². The monoisotopic (exact) mass is 343 g/mol. The van der Waals surface area contributed by atoms with Crippen LogP contribution >= 0.6 is 0 Å². The van der Waals surface area contributed by atoms with Crippen LogP contribution < -0.4 is 19.5 Å². The fraction of sp³-hybridized carbons (Fsp3) is 0.350. The third-order valence-electron chi connectivity index (χ3n) is 3.73. The summed E-state index contributed by atoms with van der Waals surface area (Å²) < 4.78 is 16.5. The molecule has 0 aliphatic carbocycles. The number of carbonyl (C=O) groups excluding carboxylic acids is 1. The van der Waals surface area contributed by atoms with Crippen LogP contribution in [0.1, 0.15) is 18.1 Å². The number of benzene rings is 2. The summed E-state index contributed by atoms with van der Waals surface area (Å²) in [6.45, 7) is 6.46. The Balaban J connectivity index is 1.76. The SMILES string of the molecule is COc1cccc(OCCNC(=O)[C@@H](C)Oc2cc(C)ccc2C)c1. The van der Waals surface area contributed by atoms with Gasteiger partial charge in [-0.25, -0.2) is 0 Å². The second-order valence-corrected chi connectivity index (χ2v) is 5.85. The van der Waals surface area contributed by atoms with Crippen LogP contribution in [-0.4, -0.2) is 32.3 Å². The van der Waals surface area contributed by atoms with Crippen molar-refractivity contribution in [3.05, 3.63) is 53.6 Å². The fourth-order valence-corrected chi connectivity index (χ4v) is 2.26. The lowest BCUT2D eigenvalue weighted by Gasteiger charge is -2.17. The van der Waals surface area contributed by atoms with Gasteiger partial charge in [-0.05, 0) is 50.1 Å². The highest BCUT2D eigenvalue weighted by Crippen LogP contribution is 2.20. The lowest BCUT2D eigenvalue weighted by molar-refractivity contribution is -0.127. The van der Waals surface area contributed by atoms with E-state index >= 15 is 0 Å². The van der Waals surface area contributed by atoms with Crippen LogP contribution in [0.15, 0.2) is 42.5 Å². The molecule has 0 fully saturated rings. The number of carbonyl (C=O) groups is 1. The summed E-state index contributed by atoms with van der Waals surface area (Å²) in [4.78, 5) is 12.1. The van der Waals surface area contributed by atoms with Crippen LogP contribution in [0.4, 0.5) is 0 Å². The van der Waals surface area contributed by atoms with E-state index in [2.05, 4.69) is 5.32 Å². The van der Waals surface area contributed by atoms with Gasteiger partial charge in [0.05, 0.1) is 13.7 Å². The molecule has 0 spiro atoms. The van der Waals surface area contributed by atoms with E-state index in [1.165, 1.54) is 0 Å². The molecular weight excluding hydrogens is 318 g/mol. The topological polar surface area (TPSA) is 56.8 Å². The van der Waals surface area contributed by atoms with Crippen LogP contribution in [0.5, 0.6) is 17.2 Å². The Morgan fingerprint density at radius 3 is 2.64 bits per heavy atom. The fourth-order valence-electron chi connectivity index (χ4n) is 2.26. The molecule has 0 bridgehead atoms. The number of ether oxygens (including phenoxy) is 3. The molecule has 0 unspecified atom stereocenters. The minimum Gasteiger partial charge on any atom is -0.497 e. The highest BCUT2D eigenvalue weighted by atomic mass is 16.5. The van der Waals surface area contributed by atoms with Gasteiger partial charge < -0.3 is 19.5 Å². The zero-order chi connectivity index (χ0) is 18.2. The number of rotatable bonds is 8. The van der Waals surface area contributed by atoms with Gasteiger partial charge in [0.1, 0.15) is 23.9 Å². The van der Waals surface area contributed by atoms with E-state index in [0.29, 0.717) is 18.9 Å². The zero-order valence-corrected chi connectivity index (χ0v) is 15.2. The normalized spacial score (nSPS) is 11.5. The van der Waals surface area contributed by atoms with Crippen LogP contribution in [-0.2, 0) is 4.79 Å². The predicted molar refractivity (Wildman–Crippen MR) is 97.5 cm³/mol. The first kappa shape index (κ1) is 18.6. The predicted octanol–water partition coefficient (Wildman–Crippen LogP) is 3.27. The molecule has 0 heterocycles. The maximum Gasteiger partial charge on any atom is 0.260 e. The Labute approximate surface area is 148 Å². The van der Waals surface area contributed by atoms with Gasteiger partial charge in [-0.3, -0.25) is 4.79 Å². The standard InChI is InChI=1S/C20H25NO4/c1-14-8-9-15(2)19(12-14)25-16(3)20(22)21-10-11-24-18-7-5-6-17(13-18)23-4/h5-9,12-13,16H,10-11H2,1-4H3,(H,21,22)/t16-/m1/s1. The molecule has 0 saturated heterocycles. The van der Waals surface area contributed by atoms with Crippen molar-refractivity contribution >= 4 is 5.91 Å². The summed E-state index contributed by atoms with van der Waals surface area (Å²) in [5.41, 5.74) is 2.10. The van der Waals surface area contributed by atoms with Crippen molar-refractivity contribution in [2.75, 3.05) is 20.3 Å². The summed E-state index contributed by atoms with van der Waals surface area (Å²) in [6.07, 6.45) is -0.572. The van der Waals surface area contributed by atoms with Crippen molar-refractivity contribution in [2.45, 2.75) is 26.9 Å². The van der Waals surface area contributed by atoms with Crippen molar-refractivity contribution < 1.29 is 19.0 Å². The first-order valence-electron chi connectivity index (χ1n) is 8.28. The average Bonchev–Trinajstić information content (AvgIpc) is 2.61. The van der Waals surface area contributed by atoms with Gasteiger partial charge in [-0.15, -0.1) is 0 Å². The van der Waals surface area contributed by atoms with Crippen LogP contribution in [0.25, 0.3) is 0 Å². The molecule has 2 rings (SSSR count). The van der Waals surface area contributed by atoms with Crippen molar-refractivity contribution in [3.63, 3.8) is 0 Å². The third-order valence-corrected chi connectivity index (χ3v) is 3.73. The number of amides is 1. The molecule has 0 saturated carbocycles. The molecule has 0 aromatic heterocycles. The molecule has 2 aromatic rings. The van der Waals surface area contributed by atoms with Gasteiger partial charge >= 0.3 is 0 Å². The van der Waals surface area contributed by atoms with E-state index in [0.717, 1.165) is 22.6 Å². The number of hydrogen-bond acceptors (Lipinski definition) is 4. The van der Waals surface area contributed by atoms with Crippen LogP contribution in [0, 0.1) is 13.8 Å². The molecule has 0 aliphatic heterocycles. The smallest absolute Gasteiger partial charge is 0.260 e. The van der Waals surface area contributed by atoms with Crippen molar-refractivity contribution in [1.29, 1.82) is 0 Å². The van der Waals surface area contributed by atoms with E-state index in [9.17, 15) is 4.79 Å². The summed E-state index contributed by atoms with van der Waals surface area (Å²) in [5, 5.41) is 2.82. The second-order valence-electron chi connectivity index (χ2n) is 5.85. The molecule has 5 heteroatoms. The molecular formula is C20H25NO4. The van der Waals surface area contributed by atoms with Gasteiger partial charge in [0.2, 0.25) is 0 Å². The molecule has 134 valence electrons. The maximum atomic E-state index is 12.1. The maximum absolute atomic E-state index is 12.1. The Bertz CT molecular complexity index is 715. The van der Waals surface area contributed by atoms with Crippen LogP contribution in [0.2, 0.25) is 0 Å². The largest absolute Gasteiger partial charge is 0.497 e. The number of nitrogens with one attached hydrogen (secondary N) is 1. The summed E-state index contributed by atoms with van der Waals surface area (Å²) in [6, 6.07) is 13.3. The molecule has 5 nitrogen and oxygen atoms in total. The minimum atomic E-state index is -0.572. The van der Waals surface area contributed by atoms with E-state index < -0.39 is 6.10 Å². The number of methoxy groups -OCH3 is 1. The van der Waals surface area contributed by atoms with Crippen LogP contribution in [0.3, 0.4) is 0 Å². The average molecular weight is 343 g/mol. The third kappa shape index (κ3) is 5.71. The quantitative estimate of drug-likeness (QED) is 0.748. The lowest BCUT2D eigenvalue weighted by Crippen LogP contribution is -2.38. The molecule has 0 radical (unpaired) electrons. The van der Waals surface area contributed by atoms with Gasteiger partial charge in [-0.2, -0.15) is 0 Å². The van der Waals surface area contributed by atoms with Gasteiger partial charge in [0.25, 0.3) is 5.91 Å². The van der Waals surface area contributed by atoms with E-state index in [1.54, 1.807) is 20.1 Å². The molecule has 2 aromatic carbocycles. The highest BCUT2D eigenvalue weighted by Gasteiger charge is 2.15. The Kier molecular flexibility index (Phi) is 6.69. The summed E-state index contributed by atoms with van der Waals surface area (Å²) in [7, 11) is 1.61.